The number of non-ortho nitro benzene ring substituents is 4. The van der Waals surface area contributed by atoms with Crippen LogP contribution in [0.15, 0.2) is 97.1 Å². The van der Waals surface area contributed by atoms with E-state index in [0.717, 1.165) is 0 Å². The van der Waals surface area contributed by atoms with Crippen molar-refractivity contribution in [2.24, 2.45) is 0 Å². The predicted molar refractivity (Wildman–Crippen MR) is 150 cm³/mol. The van der Waals surface area contributed by atoms with Crippen molar-refractivity contribution in [2.45, 2.75) is 12.2 Å². The number of benzene rings is 4. The molecule has 0 aliphatic rings. The van der Waals surface area contributed by atoms with Gasteiger partial charge in [-0.3, -0.25) is 40.5 Å². The Balaban J connectivity index is 0.000000240. The molecule has 0 saturated heterocycles. The molecule has 4 aromatic carbocycles. The zero-order valence-electron chi connectivity index (χ0n) is 22.2. The summed E-state index contributed by atoms with van der Waals surface area (Å²) >= 11 is 0. The first-order valence-corrected chi connectivity index (χ1v) is 12.1. The second-order valence-corrected chi connectivity index (χ2v) is 8.47. The maximum absolute atomic E-state index is 10.7. The molecule has 0 aromatic heterocycles. The molecule has 0 saturated carbocycles. The van der Waals surface area contributed by atoms with Crippen molar-refractivity contribution in [1.82, 2.24) is 0 Å². The summed E-state index contributed by atoms with van der Waals surface area (Å²) in [6, 6.07) is 25.4. The quantitative estimate of drug-likeness (QED) is 0.144. The zero-order chi connectivity index (χ0) is 32.2. The Bertz CT molecular complexity index is 1670. The van der Waals surface area contributed by atoms with Gasteiger partial charge in [-0.25, -0.2) is 0 Å². The molecule has 4 rings (SSSR count). The van der Waals surface area contributed by atoms with Crippen molar-refractivity contribution >= 4 is 22.7 Å². The maximum Gasteiger partial charge on any atom is 0.273 e. The van der Waals surface area contributed by atoms with Gasteiger partial charge in [0.25, 0.3) is 22.7 Å². The van der Waals surface area contributed by atoms with E-state index in [1.807, 2.05) is 12.1 Å². The molecule has 4 aromatic rings. The highest BCUT2D eigenvalue weighted by Gasteiger charge is 2.19. The average molecular weight is 598 g/mol. The molecule has 0 heterocycles. The van der Waals surface area contributed by atoms with Gasteiger partial charge in [0.15, 0.2) is 0 Å². The summed E-state index contributed by atoms with van der Waals surface area (Å²) in [5.74, 6) is 0.263. The lowest BCUT2D eigenvalue weighted by Gasteiger charge is -2.12. The summed E-state index contributed by atoms with van der Waals surface area (Å²) in [5.41, 5.74) is -0.0892. The number of hydrogen-bond acceptors (Lipinski definition) is 12. The molecule has 0 aliphatic carbocycles. The van der Waals surface area contributed by atoms with Crippen LogP contribution in [-0.2, 0) is 0 Å². The lowest BCUT2D eigenvalue weighted by molar-refractivity contribution is -0.385. The van der Waals surface area contributed by atoms with Crippen LogP contribution in [-0.4, -0.2) is 19.7 Å². The Morgan fingerprint density at radius 3 is 1.09 bits per heavy atom. The van der Waals surface area contributed by atoms with Crippen LogP contribution >= 0.6 is 0 Å². The molecule has 2 unspecified atom stereocenters. The summed E-state index contributed by atoms with van der Waals surface area (Å²) in [7, 11) is 0. The second-order valence-electron chi connectivity index (χ2n) is 8.47. The minimum Gasteiger partial charge on any atom is -0.470 e. The summed E-state index contributed by atoms with van der Waals surface area (Å²) < 4.78 is 10.8. The first-order chi connectivity index (χ1) is 21.0. The van der Waals surface area contributed by atoms with Crippen molar-refractivity contribution in [3.05, 3.63) is 149 Å². The average Bonchev–Trinajstić information content (AvgIpc) is 3.03. The molecule has 220 valence electrons. The molecule has 0 aliphatic heterocycles. The van der Waals surface area contributed by atoms with Crippen LogP contribution < -0.4 is 9.47 Å². The molecule has 2 atom stereocenters. The molecule has 0 spiro atoms. The van der Waals surface area contributed by atoms with E-state index in [0.29, 0.717) is 11.1 Å². The fraction of sp³-hybridized carbons (Fsp3) is 0.0714. The van der Waals surface area contributed by atoms with Gasteiger partial charge in [-0.15, -0.1) is 0 Å². The first-order valence-electron chi connectivity index (χ1n) is 12.1. The third kappa shape index (κ3) is 8.53. The molecular formula is C28H18N6O10. The van der Waals surface area contributed by atoms with Gasteiger partial charge in [0, 0.05) is 47.5 Å². The lowest BCUT2D eigenvalue weighted by atomic mass is 10.1. The number of nitrogens with zero attached hydrogens (tertiary/aromatic N) is 6. The van der Waals surface area contributed by atoms with E-state index in [1.54, 1.807) is 0 Å². The van der Waals surface area contributed by atoms with Crippen LogP contribution in [0.2, 0.25) is 0 Å². The van der Waals surface area contributed by atoms with Gasteiger partial charge in [-0.2, -0.15) is 10.5 Å². The van der Waals surface area contributed by atoms with Crippen molar-refractivity contribution < 1.29 is 29.2 Å². The first kappa shape index (κ1) is 31.6. The van der Waals surface area contributed by atoms with E-state index in [9.17, 15) is 51.0 Å². The summed E-state index contributed by atoms with van der Waals surface area (Å²) in [5, 5.41) is 61.3. The Kier molecular flexibility index (Phi) is 10.5. The summed E-state index contributed by atoms with van der Waals surface area (Å²) in [6.07, 6.45) is -2.22. The standard InChI is InChI=1S/2C14H9N3O5/c2*15-9-14(10-3-1-4-11(7-10)16(18)19)22-13-6-2-5-12(8-13)17(20)21/h2*1-8,14H. The topological polar surface area (TPSA) is 239 Å². The smallest absolute Gasteiger partial charge is 0.273 e. The van der Waals surface area contributed by atoms with Crippen LogP contribution in [0.5, 0.6) is 11.5 Å². The van der Waals surface area contributed by atoms with Crippen LogP contribution in [0.25, 0.3) is 0 Å². The van der Waals surface area contributed by atoms with Gasteiger partial charge in [-0.05, 0) is 12.1 Å². The Morgan fingerprint density at radius 1 is 0.500 bits per heavy atom. The Morgan fingerprint density at radius 2 is 0.795 bits per heavy atom. The molecule has 16 nitrogen and oxygen atoms in total. The molecule has 16 heteroatoms. The molecule has 44 heavy (non-hydrogen) atoms. The second kappa shape index (κ2) is 14.6. The number of rotatable bonds is 10. The molecule has 0 bridgehead atoms. The van der Waals surface area contributed by atoms with Crippen molar-refractivity contribution in [1.29, 1.82) is 10.5 Å². The van der Waals surface area contributed by atoms with E-state index in [1.165, 1.54) is 97.1 Å². The van der Waals surface area contributed by atoms with E-state index >= 15 is 0 Å². The van der Waals surface area contributed by atoms with Gasteiger partial charge >= 0.3 is 0 Å². The largest absolute Gasteiger partial charge is 0.470 e. The van der Waals surface area contributed by atoms with E-state index < -0.39 is 31.9 Å². The highest BCUT2D eigenvalue weighted by atomic mass is 16.6. The number of hydrogen-bond donors (Lipinski definition) is 0. The van der Waals surface area contributed by atoms with E-state index in [2.05, 4.69) is 0 Å². The minimum atomic E-state index is -1.11. The van der Waals surface area contributed by atoms with Gasteiger partial charge in [0.1, 0.15) is 23.6 Å². The van der Waals surface area contributed by atoms with E-state index in [-0.39, 0.29) is 34.2 Å². The molecular weight excluding hydrogens is 580 g/mol. The van der Waals surface area contributed by atoms with Crippen LogP contribution in [0.4, 0.5) is 22.7 Å². The molecule has 0 radical (unpaired) electrons. The fourth-order valence-electron chi connectivity index (χ4n) is 3.55. The zero-order valence-corrected chi connectivity index (χ0v) is 22.2. The fourth-order valence-corrected chi connectivity index (χ4v) is 3.55. The van der Waals surface area contributed by atoms with Gasteiger partial charge in [0.2, 0.25) is 12.2 Å². The normalized spacial score (nSPS) is 11.2. The van der Waals surface area contributed by atoms with Crippen LogP contribution in [0.3, 0.4) is 0 Å². The minimum absolute atomic E-state index is 0.132. The SMILES string of the molecule is N#CC(Oc1cccc([N+](=O)[O-])c1)c1cccc([N+](=O)[O-])c1.N#CC(Oc1cccc([N+](=O)[O-])c1)c1cccc([N+](=O)[O-])c1. The number of nitriles is 2. The third-order valence-corrected chi connectivity index (χ3v) is 5.57. The summed E-state index contributed by atoms with van der Waals surface area (Å²) in [4.78, 5) is 40.6. The monoisotopic (exact) mass is 598 g/mol. The Labute approximate surface area is 247 Å². The lowest BCUT2D eigenvalue weighted by Crippen LogP contribution is -2.06. The number of ether oxygens (including phenoxy) is 2. The number of nitro benzene ring substituents is 4. The molecule has 0 fully saturated rings. The summed E-state index contributed by atoms with van der Waals surface area (Å²) in [6.45, 7) is 0. The highest BCUT2D eigenvalue weighted by molar-refractivity contribution is 5.42. The third-order valence-electron chi connectivity index (χ3n) is 5.57. The van der Waals surface area contributed by atoms with Gasteiger partial charge in [0.05, 0.1) is 31.8 Å². The van der Waals surface area contributed by atoms with Crippen LogP contribution in [0, 0.1) is 63.1 Å². The molecule has 0 N–H and O–H groups in total. The van der Waals surface area contributed by atoms with E-state index in [4.69, 9.17) is 9.47 Å². The van der Waals surface area contributed by atoms with Crippen molar-refractivity contribution in [2.75, 3.05) is 0 Å². The highest BCUT2D eigenvalue weighted by Crippen LogP contribution is 2.28. The predicted octanol–water partition coefficient (Wildman–Crippen LogP) is 6.29. The van der Waals surface area contributed by atoms with Crippen molar-refractivity contribution in [3.8, 4) is 23.6 Å². The molecule has 0 amide bonds. The van der Waals surface area contributed by atoms with Crippen molar-refractivity contribution in [3.63, 3.8) is 0 Å². The Hall–Kier alpha value is -6.94. The maximum atomic E-state index is 10.7. The van der Waals surface area contributed by atoms with Gasteiger partial charge < -0.3 is 9.47 Å². The van der Waals surface area contributed by atoms with Crippen LogP contribution in [0.1, 0.15) is 23.3 Å². The van der Waals surface area contributed by atoms with Gasteiger partial charge in [-0.1, -0.05) is 36.4 Å². The number of nitro groups is 4.